The van der Waals surface area contributed by atoms with Gasteiger partial charge in [-0.05, 0) is 56.7 Å². The van der Waals surface area contributed by atoms with E-state index in [1.54, 1.807) is 30.7 Å². The number of imide groups is 1. The van der Waals surface area contributed by atoms with Crippen molar-refractivity contribution in [3.05, 3.63) is 82.7 Å². The maximum absolute atomic E-state index is 13.5. The monoisotopic (exact) mass is 440 g/mol. The number of amides is 2. The first kappa shape index (κ1) is 20.6. The molecule has 0 saturated carbocycles. The minimum atomic E-state index is -0.462. The number of carbonyl (C=O) groups is 3. The number of esters is 1. The summed E-state index contributed by atoms with van der Waals surface area (Å²) in [5, 5.41) is 5.18. The summed E-state index contributed by atoms with van der Waals surface area (Å²) in [5.41, 5.74) is 4.22. The smallest absolute Gasteiger partial charge is 0.338 e. The molecule has 164 valence electrons. The third kappa shape index (κ3) is 3.10. The fourth-order valence-corrected chi connectivity index (χ4v) is 4.13. The lowest BCUT2D eigenvalue weighted by molar-refractivity contribution is 0.0526. The molecule has 3 heterocycles. The van der Waals surface area contributed by atoms with Crippen LogP contribution in [0, 0.1) is 13.8 Å². The van der Waals surface area contributed by atoms with E-state index in [4.69, 9.17) is 4.74 Å². The quantitative estimate of drug-likeness (QED) is 0.352. The van der Waals surface area contributed by atoms with Crippen molar-refractivity contribution in [1.29, 1.82) is 0 Å². The Morgan fingerprint density at radius 1 is 1.00 bits per heavy atom. The number of benzene rings is 2. The Labute approximate surface area is 189 Å². The zero-order valence-electron chi connectivity index (χ0n) is 18.3. The largest absolute Gasteiger partial charge is 0.462 e. The van der Waals surface area contributed by atoms with Crippen molar-refractivity contribution in [1.82, 2.24) is 14.8 Å². The third-order valence-corrected chi connectivity index (χ3v) is 5.70. The number of fused-ring (bicyclic) bond motifs is 3. The molecule has 1 aliphatic rings. The van der Waals surface area contributed by atoms with Gasteiger partial charge in [-0.2, -0.15) is 5.10 Å². The summed E-state index contributed by atoms with van der Waals surface area (Å²) < 4.78 is 6.69. The van der Waals surface area contributed by atoms with Crippen LogP contribution in [0.25, 0.3) is 16.7 Å². The Morgan fingerprint density at radius 3 is 2.42 bits per heavy atom. The molecule has 2 aromatic carbocycles. The van der Waals surface area contributed by atoms with Gasteiger partial charge in [0.1, 0.15) is 0 Å². The Balaban J connectivity index is 1.60. The van der Waals surface area contributed by atoms with Crippen molar-refractivity contribution in [3.63, 3.8) is 0 Å². The number of aryl methyl sites for hydroxylation is 2. The van der Waals surface area contributed by atoms with E-state index >= 15 is 0 Å². The number of para-hydroxylation sites is 1. The topological polar surface area (TPSA) is 94.4 Å². The summed E-state index contributed by atoms with van der Waals surface area (Å²) in [7, 11) is 0. The van der Waals surface area contributed by atoms with Gasteiger partial charge in [0.2, 0.25) is 0 Å². The van der Waals surface area contributed by atoms with Crippen molar-refractivity contribution >= 4 is 34.5 Å². The number of rotatable bonds is 4. The van der Waals surface area contributed by atoms with E-state index in [0.29, 0.717) is 28.0 Å². The molecule has 0 saturated heterocycles. The van der Waals surface area contributed by atoms with Crippen LogP contribution in [-0.2, 0) is 4.74 Å². The summed E-state index contributed by atoms with van der Waals surface area (Å²) in [6.45, 7) is 5.76. The number of hydrogen-bond acceptors (Lipinski definition) is 6. The second-order valence-electron chi connectivity index (χ2n) is 7.74. The van der Waals surface area contributed by atoms with Gasteiger partial charge < -0.3 is 4.74 Å². The lowest BCUT2D eigenvalue weighted by atomic mass is 10.1. The Bertz CT molecular complexity index is 1450. The average Bonchev–Trinajstić information content (AvgIpc) is 3.28. The first-order valence-electron chi connectivity index (χ1n) is 10.5. The highest BCUT2D eigenvalue weighted by Crippen LogP contribution is 2.35. The van der Waals surface area contributed by atoms with Crippen LogP contribution in [0.4, 0.5) is 5.69 Å². The van der Waals surface area contributed by atoms with E-state index in [2.05, 4.69) is 10.1 Å². The molecule has 8 nitrogen and oxygen atoms in total. The molecule has 0 fully saturated rings. The van der Waals surface area contributed by atoms with Crippen LogP contribution >= 0.6 is 0 Å². The van der Waals surface area contributed by atoms with Gasteiger partial charge in [-0.3, -0.25) is 9.59 Å². The average molecular weight is 440 g/mol. The molecule has 8 heteroatoms. The molecule has 4 aromatic rings. The molecule has 0 N–H and O–H groups in total. The fourth-order valence-electron chi connectivity index (χ4n) is 4.13. The zero-order chi connectivity index (χ0) is 23.3. The lowest BCUT2D eigenvalue weighted by Gasteiger charge is -2.14. The van der Waals surface area contributed by atoms with Crippen LogP contribution in [0.3, 0.4) is 0 Å². The van der Waals surface area contributed by atoms with E-state index in [9.17, 15) is 14.4 Å². The Kier molecular flexibility index (Phi) is 4.78. The van der Waals surface area contributed by atoms with Gasteiger partial charge in [-0.15, -0.1) is 0 Å². The van der Waals surface area contributed by atoms with E-state index in [0.717, 1.165) is 16.2 Å². The van der Waals surface area contributed by atoms with Gasteiger partial charge in [0, 0.05) is 6.20 Å². The van der Waals surface area contributed by atoms with E-state index in [1.165, 1.54) is 18.3 Å². The molecule has 33 heavy (non-hydrogen) atoms. The summed E-state index contributed by atoms with van der Waals surface area (Å²) in [6.07, 6.45) is 1.43. The lowest BCUT2D eigenvalue weighted by Crippen LogP contribution is -2.29. The van der Waals surface area contributed by atoms with Crippen molar-refractivity contribution in [2.75, 3.05) is 11.5 Å². The summed E-state index contributed by atoms with van der Waals surface area (Å²) >= 11 is 0. The van der Waals surface area contributed by atoms with Crippen molar-refractivity contribution < 1.29 is 19.1 Å². The Morgan fingerprint density at radius 2 is 1.73 bits per heavy atom. The molecule has 1 aliphatic heterocycles. The highest BCUT2D eigenvalue weighted by atomic mass is 16.5. The maximum Gasteiger partial charge on any atom is 0.338 e. The van der Waals surface area contributed by atoms with Crippen molar-refractivity contribution in [3.8, 4) is 5.69 Å². The number of carbonyl (C=O) groups excluding carboxylic acids is 3. The predicted octanol–water partition coefficient (Wildman–Crippen LogP) is 4.01. The van der Waals surface area contributed by atoms with Gasteiger partial charge in [0.15, 0.2) is 5.65 Å². The first-order chi connectivity index (χ1) is 15.9. The fraction of sp³-hybridized carbons (Fsp3) is 0.160. The van der Waals surface area contributed by atoms with Gasteiger partial charge in [-0.25, -0.2) is 19.4 Å². The highest BCUT2D eigenvalue weighted by molar-refractivity contribution is 6.37. The number of nitrogens with zero attached hydrogens (tertiary/aromatic N) is 4. The van der Waals surface area contributed by atoms with Gasteiger partial charge in [0.25, 0.3) is 11.8 Å². The molecule has 5 rings (SSSR count). The summed E-state index contributed by atoms with van der Waals surface area (Å²) in [4.78, 5) is 44.1. The summed E-state index contributed by atoms with van der Waals surface area (Å²) in [6, 6.07) is 13.9. The van der Waals surface area contributed by atoms with Crippen molar-refractivity contribution in [2.24, 2.45) is 0 Å². The maximum atomic E-state index is 13.5. The van der Waals surface area contributed by atoms with Crippen LogP contribution in [0.1, 0.15) is 49.3 Å². The van der Waals surface area contributed by atoms with Crippen LogP contribution in [0.5, 0.6) is 0 Å². The molecule has 0 bridgehead atoms. The molecular formula is C25H20N4O4. The van der Waals surface area contributed by atoms with Crippen LogP contribution in [0.2, 0.25) is 0 Å². The van der Waals surface area contributed by atoms with Crippen LogP contribution < -0.4 is 4.90 Å². The van der Waals surface area contributed by atoms with Gasteiger partial charge in [-0.1, -0.05) is 18.2 Å². The van der Waals surface area contributed by atoms with Crippen molar-refractivity contribution in [2.45, 2.75) is 20.8 Å². The molecule has 2 amide bonds. The number of aromatic nitrogens is 3. The van der Waals surface area contributed by atoms with Crippen LogP contribution in [0.15, 0.2) is 54.7 Å². The molecule has 2 aromatic heterocycles. The highest BCUT2D eigenvalue weighted by Gasteiger charge is 2.40. The van der Waals surface area contributed by atoms with E-state index < -0.39 is 17.8 Å². The minimum absolute atomic E-state index is 0.231. The third-order valence-electron chi connectivity index (χ3n) is 5.70. The van der Waals surface area contributed by atoms with Gasteiger partial charge in [0.05, 0.1) is 45.8 Å². The number of pyridine rings is 1. The zero-order valence-corrected chi connectivity index (χ0v) is 18.3. The number of ether oxygens (including phenoxy) is 1. The predicted molar refractivity (Wildman–Crippen MR) is 122 cm³/mol. The van der Waals surface area contributed by atoms with Crippen LogP contribution in [-0.4, -0.2) is 39.2 Å². The minimum Gasteiger partial charge on any atom is -0.462 e. The SMILES string of the molecule is CCOC(=O)c1ccc(N2C(=O)c3cnc4c(c(C)nn4-c4ccccc4C)c3C2=O)cc1. The Hall–Kier alpha value is -4.33. The number of hydrogen-bond donors (Lipinski definition) is 0. The molecule has 0 radical (unpaired) electrons. The standard InChI is InChI=1S/C25H20N4O4/c1-4-33-25(32)16-9-11-17(12-10-16)28-23(30)18-13-26-22-20(21(18)24(28)31)15(3)27-29(22)19-8-6-5-7-14(19)2/h5-13H,4H2,1-3H3. The molecular weight excluding hydrogens is 420 g/mol. The molecule has 0 aliphatic carbocycles. The molecule has 0 spiro atoms. The van der Waals surface area contributed by atoms with Gasteiger partial charge >= 0.3 is 5.97 Å². The molecule has 0 atom stereocenters. The first-order valence-corrected chi connectivity index (χ1v) is 10.5. The second kappa shape index (κ2) is 7.67. The van der Waals surface area contributed by atoms with E-state index in [-0.39, 0.29) is 17.7 Å². The normalized spacial score (nSPS) is 13.0. The molecule has 0 unspecified atom stereocenters. The van der Waals surface area contributed by atoms with E-state index in [1.807, 2.05) is 31.2 Å². The summed E-state index contributed by atoms with van der Waals surface area (Å²) in [5.74, 6) is -1.37. The number of anilines is 1. The second-order valence-corrected chi connectivity index (χ2v) is 7.74.